The predicted octanol–water partition coefficient (Wildman–Crippen LogP) is 5.43. The molecule has 1 N–H and O–H groups in total. The topological polar surface area (TPSA) is 37.3 Å². The van der Waals surface area contributed by atoms with Crippen molar-refractivity contribution >= 4 is 11.7 Å². The summed E-state index contributed by atoms with van der Waals surface area (Å²) in [5, 5.41) is 2.68. The van der Waals surface area contributed by atoms with E-state index in [1.54, 1.807) is 23.1 Å². The molecule has 0 atom stereocenters. The quantitative estimate of drug-likeness (QED) is 0.609. The molecule has 0 aliphatic heterocycles. The highest BCUT2D eigenvalue weighted by Gasteiger charge is 2.20. The van der Waals surface area contributed by atoms with Gasteiger partial charge in [-0.2, -0.15) is 0 Å². The molecule has 0 bridgehead atoms. The molecule has 3 aromatic rings. The van der Waals surface area contributed by atoms with Crippen LogP contribution in [0.5, 0.6) is 0 Å². The van der Waals surface area contributed by atoms with Crippen LogP contribution in [0.4, 0.5) is 14.9 Å². The maximum atomic E-state index is 13.9. The molecule has 2 amide bonds. The summed E-state index contributed by atoms with van der Waals surface area (Å²) in [6.07, 6.45) is 2.02. The number of hydrogen-bond acceptors (Lipinski definition) is 1. The zero-order valence-electron chi connectivity index (χ0n) is 16.5. The highest BCUT2D eigenvalue weighted by Crippen LogP contribution is 2.17. The SMILES string of the molecule is Cc1cccc(Cn2cccc2CN(C(=O)Nc2ccccc2F)C(C)C)c1. The first-order valence-electron chi connectivity index (χ1n) is 9.46. The van der Waals surface area contributed by atoms with E-state index in [-0.39, 0.29) is 17.8 Å². The van der Waals surface area contributed by atoms with Crippen molar-refractivity contribution in [2.75, 3.05) is 5.32 Å². The van der Waals surface area contributed by atoms with Gasteiger partial charge in [0.2, 0.25) is 0 Å². The standard InChI is InChI=1S/C23H26FN3O/c1-17(2)27(23(28)25-22-12-5-4-11-21(22)24)16-20-10-7-13-26(20)15-19-9-6-8-18(3)14-19/h4-14,17H,15-16H2,1-3H3,(H,25,28). The number of anilines is 1. The lowest BCUT2D eigenvalue weighted by molar-refractivity contribution is 0.192. The molecular formula is C23H26FN3O. The number of para-hydroxylation sites is 1. The van der Waals surface area contributed by atoms with Crippen LogP contribution >= 0.6 is 0 Å². The molecule has 28 heavy (non-hydrogen) atoms. The number of urea groups is 1. The first-order chi connectivity index (χ1) is 13.4. The van der Waals surface area contributed by atoms with Crippen LogP contribution in [-0.2, 0) is 13.1 Å². The lowest BCUT2D eigenvalue weighted by Gasteiger charge is -2.27. The van der Waals surface area contributed by atoms with Gasteiger partial charge in [0.15, 0.2) is 0 Å². The van der Waals surface area contributed by atoms with Gasteiger partial charge < -0.3 is 14.8 Å². The van der Waals surface area contributed by atoms with Crippen LogP contribution in [0.3, 0.4) is 0 Å². The van der Waals surface area contributed by atoms with Crippen molar-refractivity contribution < 1.29 is 9.18 Å². The largest absolute Gasteiger partial charge is 0.345 e. The Labute approximate surface area is 165 Å². The molecule has 2 aromatic carbocycles. The Morgan fingerprint density at radius 1 is 1.11 bits per heavy atom. The molecule has 1 heterocycles. The Morgan fingerprint density at radius 2 is 1.89 bits per heavy atom. The molecule has 0 aliphatic rings. The van der Waals surface area contributed by atoms with Crippen LogP contribution in [-0.4, -0.2) is 21.5 Å². The van der Waals surface area contributed by atoms with Crippen molar-refractivity contribution in [3.63, 3.8) is 0 Å². The van der Waals surface area contributed by atoms with Crippen LogP contribution in [0.15, 0.2) is 66.9 Å². The van der Waals surface area contributed by atoms with Gasteiger partial charge in [-0.15, -0.1) is 0 Å². The van der Waals surface area contributed by atoms with E-state index in [2.05, 4.69) is 41.1 Å². The van der Waals surface area contributed by atoms with Gasteiger partial charge in [-0.1, -0.05) is 42.0 Å². The molecule has 0 saturated carbocycles. The third kappa shape index (κ3) is 4.80. The molecule has 0 radical (unpaired) electrons. The molecule has 0 unspecified atom stereocenters. The number of nitrogens with zero attached hydrogens (tertiary/aromatic N) is 2. The second kappa shape index (κ2) is 8.74. The van der Waals surface area contributed by atoms with Crippen molar-refractivity contribution in [3.8, 4) is 0 Å². The fourth-order valence-electron chi connectivity index (χ4n) is 3.17. The highest BCUT2D eigenvalue weighted by molar-refractivity contribution is 5.89. The summed E-state index contributed by atoms with van der Waals surface area (Å²) in [7, 11) is 0. The average molecular weight is 379 g/mol. The molecule has 0 fully saturated rings. The lowest BCUT2D eigenvalue weighted by atomic mass is 10.1. The highest BCUT2D eigenvalue weighted by atomic mass is 19.1. The minimum Gasteiger partial charge on any atom is -0.345 e. The lowest BCUT2D eigenvalue weighted by Crippen LogP contribution is -2.40. The van der Waals surface area contributed by atoms with Crippen molar-refractivity contribution in [1.29, 1.82) is 0 Å². The van der Waals surface area contributed by atoms with Gasteiger partial charge >= 0.3 is 6.03 Å². The number of aryl methyl sites for hydroxylation is 1. The van der Waals surface area contributed by atoms with Gasteiger partial charge in [0.25, 0.3) is 0 Å². The first-order valence-corrected chi connectivity index (χ1v) is 9.46. The summed E-state index contributed by atoms with van der Waals surface area (Å²) >= 11 is 0. The number of nitrogens with one attached hydrogen (secondary N) is 1. The number of carbonyl (C=O) groups excluding carboxylic acids is 1. The third-order valence-electron chi connectivity index (χ3n) is 4.69. The molecule has 1 aromatic heterocycles. The molecular weight excluding hydrogens is 353 g/mol. The molecule has 4 nitrogen and oxygen atoms in total. The van der Waals surface area contributed by atoms with E-state index < -0.39 is 5.82 Å². The van der Waals surface area contributed by atoms with Gasteiger partial charge in [-0.3, -0.25) is 0 Å². The first kappa shape index (κ1) is 19.7. The number of aromatic nitrogens is 1. The third-order valence-corrected chi connectivity index (χ3v) is 4.69. The number of halogens is 1. The van der Waals surface area contributed by atoms with E-state index in [0.717, 1.165) is 12.2 Å². The van der Waals surface area contributed by atoms with Gasteiger partial charge in [0.05, 0.1) is 12.2 Å². The Morgan fingerprint density at radius 3 is 2.61 bits per heavy atom. The smallest absolute Gasteiger partial charge is 0.322 e. The van der Waals surface area contributed by atoms with Crippen LogP contribution in [0.1, 0.15) is 30.7 Å². The van der Waals surface area contributed by atoms with Crippen molar-refractivity contribution in [3.05, 3.63) is 89.5 Å². The fourth-order valence-corrected chi connectivity index (χ4v) is 3.17. The second-order valence-corrected chi connectivity index (χ2v) is 7.25. The van der Waals surface area contributed by atoms with E-state index >= 15 is 0 Å². The van der Waals surface area contributed by atoms with Crippen LogP contribution in [0, 0.1) is 12.7 Å². The molecule has 3 rings (SSSR count). The van der Waals surface area contributed by atoms with E-state index in [0.29, 0.717) is 6.54 Å². The van der Waals surface area contributed by atoms with E-state index in [9.17, 15) is 9.18 Å². The van der Waals surface area contributed by atoms with Crippen molar-refractivity contribution in [2.45, 2.75) is 39.9 Å². The molecule has 0 spiro atoms. The summed E-state index contributed by atoms with van der Waals surface area (Å²) in [5.41, 5.74) is 3.65. The van der Waals surface area contributed by atoms with E-state index in [1.807, 2.05) is 32.2 Å². The molecule has 146 valence electrons. The summed E-state index contributed by atoms with van der Waals surface area (Å²) in [4.78, 5) is 14.5. The average Bonchev–Trinajstić information content (AvgIpc) is 3.08. The van der Waals surface area contributed by atoms with Crippen LogP contribution in [0.25, 0.3) is 0 Å². The minimum atomic E-state index is -0.442. The van der Waals surface area contributed by atoms with Gasteiger partial charge in [-0.25, -0.2) is 9.18 Å². The number of amides is 2. The number of rotatable bonds is 6. The molecule has 0 saturated heterocycles. The molecule has 5 heteroatoms. The van der Waals surface area contributed by atoms with E-state index in [1.165, 1.54) is 17.2 Å². The maximum absolute atomic E-state index is 13.9. The minimum absolute atomic E-state index is 0.0332. The Kier molecular flexibility index (Phi) is 6.14. The fraction of sp³-hybridized carbons (Fsp3) is 0.261. The monoisotopic (exact) mass is 379 g/mol. The normalized spacial score (nSPS) is 10.9. The van der Waals surface area contributed by atoms with Gasteiger partial charge in [0.1, 0.15) is 5.82 Å². The summed E-state index contributed by atoms with van der Waals surface area (Å²) in [6, 6.07) is 18.2. The Bertz CT molecular complexity index is 948. The Hall–Kier alpha value is -3.08. The van der Waals surface area contributed by atoms with Crippen LogP contribution < -0.4 is 5.32 Å². The zero-order valence-corrected chi connectivity index (χ0v) is 16.5. The number of carbonyl (C=O) groups is 1. The van der Waals surface area contributed by atoms with Crippen molar-refractivity contribution in [1.82, 2.24) is 9.47 Å². The molecule has 0 aliphatic carbocycles. The van der Waals surface area contributed by atoms with Crippen molar-refractivity contribution in [2.24, 2.45) is 0 Å². The van der Waals surface area contributed by atoms with Gasteiger partial charge in [0, 0.05) is 24.5 Å². The maximum Gasteiger partial charge on any atom is 0.322 e. The van der Waals surface area contributed by atoms with E-state index in [4.69, 9.17) is 0 Å². The van der Waals surface area contributed by atoms with Crippen LogP contribution in [0.2, 0.25) is 0 Å². The summed E-state index contributed by atoms with van der Waals surface area (Å²) in [6.45, 7) is 7.17. The summed E-state index contributed by atoms with van der Waals surface area (Å²) < 4.78 is 16.0. The zero-order chi connectivity index (χ0) is 20.1. The van der Waals surface area contributed by atoms with Gasteiger partial charge in [-0.05, 0) is 50.6 Å². The Balaban J connectivity index is 1.75. The number of hydrogen-bond donors (Lipinski definition) is 1. The predicted molar refractivity (Wildman–Crippen MR) is 111 cm³/mol. The summed E-state index contributed by atoms with van der Waals surface area (Å²) in [5.74, 6) is -0.442. The number of benzene rings is 2. The second-order valence-electron chi connectivity index (χ2n) is 7.25.